The van der Waals surface area contributed by atoms with E-state index in [1.54, 1.807) is 6.92 Å². The normalized spacial score (nSPS) is 22.1. The highest BCUT2D eigenvalue weighted by atomic mass is 16.6. The first-order chi connectivity index (χ1) is 9.76. The van der Waals surface area contributed by atoms with E-state index in [2.05, 4.69) is 0 Å². The summed E-state index contributed by atoms with van der Waals surface area (Å²) in [5.41, 5.74) is -1.33. The number of unbranched alkanes of at least 4 members (excludes halogenated alkanes) is 1. The average Bonchev–Trinajstić information content (AvgIpc) is 2.40. The van der Waals surface area contributed by atoms with Gasteiger partial charge in [0.15, 0.2) is 11.4 Å². The van der Waals surface area contributed by atoms with Gasteiger partial charge >= 0.3 is 5.97 Å². The SMILES string of the molecule is CCCCC(=O)C1=C[C@](C)(OC(C)=O)C(=O)C(CC)=C1O. The number of hydrogen-bond acceptors (Lipinski definition) is 5. The number of rotatable bonds is 6. The van der Waals surface area contributed by atoms with Gasteiger partial charge in [-0.3, -0.25) is 14.4 Å². The third-order valence-corrected chi connectivity index (χ3v) is 3.45. The molecular weight excluding hydrogens is 272 g/mol. The number of ether oxygens (including phenoxy) is 1. The molecule has 1 aliphatic rings. The van der Waals surface area contributed by atoms with Crippen molar-refractivity contribution in [1.29, 1.82) is 0 Å². The Morgan fingerprint density at radius 2 is 1.95 bits per heavy atom. The lowest BCUT2D eigenvalue weighted by molar-refractivity contribution is -0.157. The van der Waals surface area contributed by atoms with Gasteiger partial charge in [0.1, 0.15) is 5.76 Å². The predicted octanol–water partition coefficient (Wildman–Crippen LogP) is 2.80. The third kappa shape index (κ3) is 3.60. The van der Waals surface area contributed by atoms with Crippen LogP contribution in [-0.4, -0.2) is 28.2 Å². The zero-order valence-electron chi connectivity index (χ0n) is 13.0. The van der Waals surface area contributed by atoms with Gasteiger partial charge in [0.25, 0.3) is 0 Å². The molecule has 0 aliphatic heterocycles. The molecule has 0 fully saturated rings. The third-order valence-electron chi connectivity index (χ3n) is 3.45. The molecule has 5 heteroatoms. The Hall–Kier alpha value is -1.91. The Bertz CT molecular complexity index is 527. The summed E-state index contributed by atoms with van der Waals surface area (Å²) >= 11 is 0. The van der Waals surface area contributed by atoms with Crippen LogP contribution in [0.2, 0.25) is 0 Å². The number of aliphatic hydroxyl groups is 1. The van der Waals surface area contributed by atoms with Gasteiger partial charge in [-0.1, -0.05) is 20.3 Å². The number of aliphatic hydroxyl groups excluding tert-OH is 1. The first kappa shape index (κ1) is 17.1. The highest BCUT2D eigenvalue weighted by Crippen LogP contribution is 2.33. The van der Waals surface area contributed by atoms with Crippen molar-refractivity contribution in [3.05, 3.63) is 23.0 Å². The van der Waals surface area contributed by atoms with Crippen molar-refractivity contribution in [1.82, 2.24) is 0 Å². The Balaban J connectivity index is 3.27. The van der Waals surface area contributed by atoms with E-state index in [0.29, 0.717) is 6.42 Å². The lowest BCUT2D eigenvalue weighted by Gasteiger charge is -2.30. The standard InChI is InChI=1S/C16H22O5/c1-5-7-8-13(18)12-9-16(4,21-10(3)17)15(20)11(6-2)14(12)19/h9,19H,5-8H2,1-4H3/t16-/m0/s1. The number of hydrogen-bond donors (Lipinski definition) is 1. The van der Waals surface area contributed by atoms with E-state index in [-0.39, 0.29) is 35.5 Å². The lowest BCUT2D eigenvalue weighted by Crippen LogP contribution is -2.42. The zero-order chi connectivity index (χ0) is 16.2. The van der Waals surface area contributed by atoms with Crippen LogP contribution in [-0.2, 0) is 19.1 Å². The maximum Gasteiger partial charge on any atom is 0.303 e. The molecule has 1 rings (SSSR count). The molecule has 0 bridgehead atoms. The highest BCUT2D eigenvalue weighted by Gasteiger charge is 2.42. The second-order valence-corrected chi connectivity index (χ2v) is 5.30. The number of esters is 1. The summed E-state index contributed by atoms with van der Waals surface area (Å²) < 4.78 is 5.09. The molecule has 0 radical (unpaired) electrons. The van der Waals surface area contributed by atoms with Crippen LogP contribution in [0.15, 0.2) is 23.0 Å². The molecule has 0 aromatic heterocycles. The highest BCUT2D eigenvalue weighted by molar-refractivity contribution is 6.11. The van der Waals surface area contributed by atoms with Gasteiger partial charge < -0.3 is 9.84 Å². The fourth-order valence-electron chi connectivity index (χ4n) is 2.37. The first-order valence-corrected chi connectivity index (χ1v) is 7.19. The van der Waals surface area contributed by atoms with E-state index in [1.165, 1.54) is 19.9 Å². The van der Waals surface area contributed by atoms with Gasteiger partial charge in [-0.2, -0.15) is 0 Å². The van der Waals surface area contributed by atoms with Crippen molar-refractivity contribution in [3.8, 4) is 0 Å². The number of Topliss-reactive ketones (excluding diaryl/α,β-unsaturated/α-hetero) is 2. The number of carbonyl (C=O) groups excluding carboxylic acids is 3. The Morgan fingerprint density at radius 3 is 2.43 bits per heavy atom. The van der Waals surface area contributed by atoms with E-state index >= 15 is 0 Å². The van der Waals surface area contributed by atoms with Crippen LogP contribution in [0.5, 0.6) is 0 Å². The molecule has 1 atom stereocenters. The smallest absolute Gasteiger partial charge is 0.303 e. The number of allylic oxidation sites excluding steroid dienone is 1. The lowest BCUT2D eigenvalue weighted by atomic mass is 9.82. The second-order valence-electron chi connectivity index (χ2n) is 5.30. The molecule has 0 heterocycles. The Morgan fingerprint density at radius 1 is 1.33 bits per heavy atom. The van der Waals surface area contributed by atoms with Crippen LogP contribution in [0, 0.1) is 0 Å². The van der Waals surface area contributed by atoms with Crippen LogP contribution >= 0.6 is 0 Å². The molecule has 1 N–H and O–H groups in total. The largest absolute Gasteiger partial charge is 0.507 e. The minimum absolute atomic E-state index is 0.0728. The van der Waals surface area contributed by atoms with Crippen LogP contribution < -0.4 is 0 Å². The molecule has 21 heavy (non-hydrogen) atoms. The van der Waals surface area contributed by atoms with Crippen molar-refractivity contribution in [3.63, 3.8) is 0 Å². The minimum atomic E-state index is -1.53. The molecular formula is C16H22O5. The van der Waals surface area contributed by atoms with E-state index in [0.717, 1.165) is 6.42 Å². The van der Waals surface area contributed by atoms with Crippen molar-refractivity contribution < 1.29 is 24.2 Å². The fraction of sp³-hybridized carbons (Fsp3) is 0.562. The molecule has 5 nitrogen and oxygen atoms in total. The molecule has 0 aromatic carbocycles. The summed E-state index contributed by atoms with van der Waals surface area (Å²) in [6.07, 6.45) is 3.37. The summed E-state index contributed by atoms with van der Waals surface area (Å²) in [5.74, 6) is -1.62. The molecule has 0 spiro atoms. The van der Waals surface area contributed by atoms with E-state index in [4.69, 9.17) is 4.74 Å². The molecule has 0 unspecified atom stereocenters. The molecule has 1 aliphatic carbocycles. The Kier molecular flexibility index (Phi) is 5.47. The monoisotopic (exact) mass is 294 g/mol. The van der Waals surface area contributed by atoms with Crippen LogP contribution in [0.4, 0.5) is 0 Å². The van der Waals surface area contributed by atoms with Gasteiger partial charge in [0.2, 0.25) is 5.78 Å². The maximum atomic E-state index is 12.4. The van der Waals surface area contributed by atoms with Crippen molar-refractivity contribution in [2.24, 2.45) is 0 Å². The van der Waals surface area contributed by atoms with Crippen LogP contribution in [0.25, 0.3) is 0 Å². The van der Waals surface area contributed by atoms with Gasteiger partial charge in [-0.05, 0) is 25.8 Å². The van der Waals surface area contributed by atoms with Crippen LogP contribution in [0.3, 0.4) is 0 Å². The van der Waals surface area contributed by atoms with Crippen molar-refractivity contribution >= 4 is 17.5 Å². The molecule has 116 valence electrons. The Labute approximate surface area is 124 Å². The van der Waals surface area contributed by atoms with E-state index in [1.807, 2.05) is 6.92 Å². The van der Waals surface area contributed by atoms with Gasteiger partial charge in [0, 0.05) is 18.9 Å². The zero-order valence-corrected chi connectivity index (χ0v) is 13.0. The quantitative estimate of drug-likeness (QED) is 0.762. The maximum absolute atomic E-state index is 12.4. The van der Waals surface area contributed by atoms with Gasteiger partial charge in [-0.25, -0.2) is 0 Å². The summed E-state index contributed by atoms with van der Waals surface area (Å²) in [6.45, 7) is 6.31. The van der Waals surface area contributed by atoms with Crippen molar-refractivity contribution in [2.45, 2.75) is 59.0 Å². The molecule has 0 saturated carbocycles. The van der Waals surface area contributed by atoms with Gasteiger partial charge in [-0.15, -0.1) is 0 Å². The fourth-order valence-corrected chi connectivity index (χ4v) is 2.37. The summed E-state index contributed by atoms with van der Waals surface area (Å²) in [4.78, 5) is 35.8. The van der Waals surface area contributed by atoms with Crippen molar-refractivity contribution in [2.75, 3.05) is 0 Å². The molecule has 0 amide bonds. The van der Waals surface area contributed by atoms with E-state index in [9.17, 15) is 19.5 Å². The summed E-state index contributed by atoms with van der Waals surface area (Å²) in [7, 11) is 0. The predicted molar refractivity (Wildman–Crippen MR) is 77.7 cm³/mol. The average molecular weight is 294 g/mol. The number of carbonyl (C=O) groups is 3. The summed E-state index contributed by atoms with van der Waals surface area (Å²) in [5, 5.41) is 10.2. The minimum Gasteiger partial charge on any atom is -0.507 e. The first-order valence-electron chi connectivity index (χ1n) is 7.19. The molecule has 0 saturated heterocycles. The van der Waals surface area contributed by atoms with Crippen LogP contribution in [0.1, 0.15) is 53.4 Å². The van der Waals surface area contributed by atoms with Gasteiger partial charge in [0.05, 0.1) is 5.57 Å². The van der Waals surface area contributed by atoms with E-state index < -0.39 is 17.4 Å². The molecule has 0 aromatic rings. The number of ketones is 2. The second kappa shape index (κ2) is 6.70. The topological polar surface area (TPSA) is 80.7 Å². The summed E-state index contributed by atoms with van der Waals surface area (Å²) in [6, 6.07) is 0.